The zero-order valence-electron chi connectivity index (χ0n) is 14.4. The number of ether oxygens (including phenoxy) is 4. The van der Waals surface area contributed by atoms with E-state index in [1.54, 1.807) is 12.1 Å². The third-order valence-corrected chi connectivity index (χ3v) is 4.98. The SMILES string of the molecule is O=C(NC1CCOCC1)N[C@@H]1CO[C@H]2C1OC[C@@H]2Oc1ccc(F)cc1. The first kappa shape index (κ1) is 17.5. The number of hydrogen-bond acceptors (Lipinski definition) is 5. The van der Waals surface area contributed by atoms with Gasteiger partial charge in [0.05, 0.1) is 19.3 Å². The molecule has 8 heteroatoms. The standard InChI is InChI=1S/C18H23FN2O5/c19-11-1-3-13(4-2-11)26-15-10-25-16-14(9-24-17(15)16)21-18(22)20-12-5-7-23-8-6-12/h1-4,12,14-17H,5-10H2,(H2,20,21,22)/t14-,15+,16?,17-/m1/s1. The van der Waals surface area contributed by atoms with Crippen molar-refractivity contribution in [2.24, 2.45) is 0 Å². The first-order valence-corrected chi connectivity index (χ1v) is 8.99. The number of urea groups is 1. The van der Waals surface area contributed by atoms with Crippen molar-refractivity contribution >= 4 is 6.03 Å². The lowest BCUT2D eigenvalue weighted by Crippen LogP contribution is -2.51. The van der Waals surface area contributed by atoms with E-state index in [1.165, 1.54) is 12.1 Å². The second kappa shape index (κ2) is 7.77. The van der Waals surface area contributed by atoms with Crippen LogP contribution in [-0.4, -0.2) is 62.9 Å². The number of fused-ring (bicyclic) bond motifs is 1. The minimum Gasteiger partial charge on any atom is -0.485 e. The van der Waals surface area contributed by atoms with Gasteiger partial charge in [-0.25, -0.2) is 9.18 Å². The third kappa shape index (κ3) is 3.92. The normalized spacial score (nSPS) is 31.4. The molecule has 3 heterocycles. The summed E-state index contributed by atoms with van der Waals surface area (Å²) in [5.74, 6) is 0.257. The highest BCUT2D eigenvalue weighted by Gasteiger charge is 2.49. The van der Waals surface area contributed by atoms with Crippen LogP contribution in [-0.2, 0) is 14.2 Å². The first-order chi connectivity index (χ1) is 12.7. The van der Waals surface area contributed by atoms with E-state index in [4.69, 9.17) is 18.9 Å². The molecule has 3 aliphatic rings. The van der Waals surface area contributed by atoms with Crippen LogP contribution in [0.25, 0.3) is 0 Å². The Hall–Kier alpha value is -1.90. The summed E-state index contributed by atoms with van der Waals surface area (Å²) in [4.78, 5) is 12.2. The predicted octanol–water partition coefficient (Wildman–Crippen LogP) is 1.22. The maximum absolute atomic E-state index is 13.0. The van der Waals surface area contributed by atoms with Crippen LogP contribution >= 0.6 is 0 Å². The monoisotopic (exact) mass is 366 g/mol. The Balaban J connectivity index is 1.28. The van der Waals surface area contributed by atoms with E-state index in [-0.39, 0.29) is 42.2 Å². The van der Waals surface area contributed by atoms with Crippen LogP contribution in [0.5, 0.6) is 5.75 Å². The molecular formula is C18H23FN2O5. The second-order valence-electron chi connectivity index (χ2n) is 6.82. The van der Waals surface area contributed by atoms with Crippen LogP contribution in [0.2, 0.25) is 0 Å². The lowest BCUT2D eigenvalue weighted by Gasteiger charge is -2.25. The summed E-state index contributed by atoms with van der Waals surface area (Å²) in [5.41, 5.74) is 0. The van der Waals surface area contributed by atoms with Gasteiger partial charge in [0.1, 0.15) is 23.8 Å². The van der Waals surface area contributed by atoms with Gasteiger partial charge in [0.15, 0.2) is 6.10 Å². The van der Waals surface area contributed by atoms with Gasteiger partial charge in [-0.2, -0.15) is 0 Å². The summed E-state index contributed by atoms with van der Waals surface area (Å²) in [6, 6.07) is 5.57. The van der Waals surface area contributed by atoms with Crippen LogP contribution in [0, 0.1) is 5.82 Å². The van der Waals surface area contributed by atoms with Gasteiger partial charge in [0.25, 0.3) is 0 Å². The lowest BCUT2D eigenvalue weighted by atomic mass is 10.1. The fraction of sp³-hybridized carbons (Fsp3) is 0.611. The van der Waals surface area contributed by atoms with Crippen molar-refractivity contribution in [3.05, 3.63) is 30.1 Å². The number of benzene rings is 1. The van der Waals surface area contributed by atoms with Crippen molar-refractivity contribution in [1.29, 1.82) is 0 Å². The molecule has 0 bridgehead atoms. The van der Waals surface area contributed by atoms with E-state index < -0.39 is 0 Å². The van der Waals surface area contributed by atoms with Crippen LogP contribution in [0.4, 0.5) is 9.18 Å². The van der Waals surface area contributed by atoms with Crippen LogP contribution < -0.4 is 15.4 Å². The molecule has 0 aliphatic carbocycles. The molecule has 3 fully saturated rings. The zero-order chi connectivity index (χ0) is 17.9. The number of hydrogen-bond donors (Lipinski definition) is 2. The molecule has 1 unspecified atom stereocenters. The largest absolute Gasteiger partial charge is 0.485 e. The van der Waals surface area contributed by atoms with Crippen molar-refractivity contribution < 1.29 is 28.1 Å². The van der Waals surface area contributed by atoms with E-state index in [0.717, 1.165) is 12.8 Å². The van der Waals surface area contributed by atoms with Gasteiger partial charge in [-0.15, -0.1) is 0 Å². The predicted molar refractivity (Wildman–Crippen MR) is 89.6 cm³/mol. The molecule has 3 saturated heterocycles. The molecule has 3 aliphatic heterocycles. The van der Waals surface area contributed by atoms with Crippen LogP contribution in [0.3, 0.4) is 0 Å². The summed E-state index contributed by atoms with van der Waals surface area (Å²) in [6.45, 7) is 2.09. The van der Waals surface area contributed by atoms with Crippen molar-refractivity contribution in [2.75, 3.05) is 26.4 Å². The number of amides is 2. The number of halogens is 1. The number of carbonyl (C=O) groups is 1. The molecule has 0 aromatic heterocycles. The maximum atomic E-state index is 13.0. The molecule has 1 aromatic carbocycles. The van der Waals surface area contributed by atoms with Crippen LogP contribution in [0.1, 0.15) is 12.8 Å². The Bertz CT molecular complexity index is 623. The van der Waals surface area contributed by atoms with Gasteiger partial charge in [0, 0.05) is 19.3 Å². The van der Waals surface area contributed by atoms with Gasteiger partial charge in [-0.3, -0.25) is 0 Å². The van der Waals surface area contributed by atoms with Gasteiger partial charge < -0.3 is 29.6 Å². The Morgan fingerprint density at radius 1 is 1.04 bits per heavy atom. The summed E-state index contributed by atoms with van der Waals surface area (Å²) < 4.78 is 35.8. The maximum Gasteiger partial charge on any atom is 0.315 e. The Morgan fingerprint density at radius 2 is 1.77 bits per heavy atom. The molecule has 0 radical (unpaired) electrons. The minimum atomic E-state index is -0.310. The van der Waals surface area contributed by atoms with Gasteiger partial charge >= 0.3 is 6.03 Å². The van der Waals surface area contributed by atoms with E-state index in [1.807, 2.05) is 0 Å². The van der Waals surface area contributed by atoms with Gasteiger partial charge in [-0.1, -0.05) is 0 Å². The highest BCUT2D eigenvalue weighted by molar-refractivity contribution is 5.74. The Kier molecular flexibility index (Phi) is 5.23. The van der Waals surface area contributed by atoms with Gasteiger partial charge in [-0.05, 0) is 37.1 Å². The van der Waals surface area contributed by atoms with E-state index >= 15 is 0 Å². The van der Waals surface area contributed by atoms with Crippen molar-refractivity contribution in [2.45, 2.75) is 43.2 Å². The Labute approximate surface area is 151 Å². The Morgan fingerprint density at radius 3 is 2.54 bits per heavy atom. The average molecular weight is 366 g/mol. The third-order valence-electron chi connectivity index (χ3n) is 4.98. The van der Waals surface area contributed by atoms with E-state index in [2.05, 4.69) is 10.6 Å². The van der Waals surface area contributed by atoms with E-state index in [0.29, 0.717) is 32.2 Å². The number of nitrogens with one attached hydrogen (secondary N) is 2. The second-order valence-corrected chi connectivity index (χ2v) is 6.82. The fourth-order valence-corrected chi connectivity index (χ4v) is 3.61. The van der Waals surface area contributed by atoms with Crippen LogP contribution in [0.15, 0.2) is 24.3 Å². The molecule has 4 atom stereocenters. The molecule has 26 heavy (non-hydrogen) atoms. The molecule has 0 saturated carbocycles. The smallest absolute Gasteiger partial charge is 0.315 e. The summed E-state index contributed by atoms with van der Waals surface area (Å²) in [5, 5.41) is 5.92. The highest BCUT2D eigenvalue weighted by atomic mass is 19.1. The molecule has 4 rings (SSSR count). The number of carbonyl (C=O) groups excluding carboxylic acids is 1. The molecule has 142 valence electrons. The first-order valence-electron chi connectivity index (χ1n) is 8.99. The summed E-state index contributed by atoms with van der Waals surface area (Å²) in [7, 11) is 0. The summed E-state index contributed by atoms with van der Waals surface area (Å²) in [6.07, 6.45) is 0.861. The molecule has 7 nitrogen and oxygen atoms in total. The van der Waals surface area contributed by atoms with Crippen molar-refractivity contribution in [3.63, 3.8) is 0 Å². The molecule has 0 spiro atoms. The number of rotatable bonds is 4. The van der Waals surface area contributed by atoms with Crippen molar-refractivity contribution in [1.82, 2.24) is 10.6 Å². The lowest BCUT2D eigenvalue weighted by molar-refractivity contribution is 0.0303. The molecule has 2 N–H and O–H groups in total. The minimum absolute atomic E-state index is 0.140. The van der Waals surface area contributed by atoms with Crippen molar-refractivity contribution in [3.8, 4) is 5.75 Å². The molecular weight excluding hydrogens is 343 g/mol. The van der Waals surface area contributed by atoms with E-state index in [9.17, 15) is 9.18 Å². The average Bonchev–Trinajstić information content (AvgIpc) is 3.22. The fourth-order valence-electron chi connectivity index (χ4n) is 3.61. The van der Waals surface area contributed by atoms with Gasteiger partial charge in [0.2, 0.25) is 0 Å². The topological polar surface area (TPSA) is 78.1 Å². The quantitative estimate of drug-likeness (QED) is 0.838. The highest BCUT2D eigenvalue weighted by Crippen LogP contribution is 2.30. The molecule has 2 amide bonds. The molecule has 1 aromatic rings. The summed E-state index contributed by atoms with van der Waals surface area (Å²) >= 11 is 0. The zero-order valence-corrected chi connectivity index (χ0v) is 14.4.